The molecule has 0 saturated heterocycles. The molecule has 126 valence electrons. The number of ether oxygens (including phenoxy) is 2. The van der Waals surface area contributed by atoms with Gasteiger partial charge in [0.15, 0.2) is 0 Å². The van der Waals surface area contributed by atoms with Gasteiger partial charge in [-0.3, -0.25) is 4.79 Å². The molecule has 0 fully saturated rings. The summed E-state index contributed by atoms with van der Waals surface area (Å²) in [5.74, 6) is 1.75. The smallest absolute Gasteiger partial charge is 0.259 e. The third-order valence-corrected chi connectivity index (χ3v) is 4.04. The molecule has 5 heteroatoms. The van der Waals surface area contributed by atoms with Crippen LogP contribution in [0.25, 0.3) is 0 Å². The van der Waals surface area contributed by atoms with Crippen LogP contribution >= 0.6 is 15.9 Å². The number of amides is 1. The molecule has 3 aromatic carbocycles. The van der Waals surface area contributed by atoms with Crippen molar-refractivity contribution in [3.8, 4) is 17.2 Å². The highest BCUT2D eigenvalue weighted by atomic mass is 79.9. The quantitative estimate of drug-likeness (QED) is 0.617. The lowest BCUT2D eigenvalue weighted by atomic mass is 10.2. The van der Waals surface area contributed by atoms with Crippen molar-refractivity contribution in [3.63, 3.8) is 0 Å². The van der Waals surface area contributed by atoms with Crippen molar-refractivity contribution in [1.82, 2.24) is 0 Å². The molecule has 0 aliphatic rings. The Morgan fingerprint density at radius 1 is 0.880 bits per heavy atom. The van der Waals surface area contributed by atoms with Gasteiger partial charge >= 0.3 is 0 Å². The summed E-state index contributed by atoms with van der Waals surface area (Å²) in [7, 11) is 1.54. The standard InChI is InChI=1S/C20H16BrNO3/c1-24-19-5-3-2-4-18(19)20(23)22-15-8-12-17(13-9-15)25-16-10-6-14(21)7-11-16/h2-13H,1H3,(H,22,23). The van der Waals surface area contributed by atoms with E-state index in [4.69, 9.17) is 9.47 Å². The van der Waals surface area contributed by atoms with Crippen molar-refractivity contribution in [2.75, 3.05) is 12.4 Å². The van der Waals surface area contributed by atoms with Gasteiger partial charge in [0.1, 0.15) is 17.2 Å². The van der Waals surface area contributed by atoms with Crippen LogP contribution in [0.15, 0.2) is 77.3 Å². The fourth-order valence-electron chi connectivity index (χ4n) is 2.28. The van der Waals surface area contributed by atoms with Crippen LogP contribution in [-0.4, -0.2) is 13.0 Å². The molecule has 0 spiro atoms. The molecule has 0 atom stereocenters. The second-order valence-corrected chi connectivity index (χ2v) is 6.15. The van der Waals surface area contributed by atoms with Gasteiger partial charge in [0.2, 0.25) is 0 Å². The Bertz CT molecular complexity index is 861. The van der Waals surface area contributed by atoms with Gasteiger partial charge in [0.25, 0.3) is 5.91 Å². The van der Waals surface area contributed by atoms with E-state index in [1.165, 1.54) is 0 Å². The third kappa shape index (κ3) is 4.39. The number of benzene rings is 3. The summed E-state index contributed by atoms with van der Waals surface area (Å²) < 4.78 is 12.0. The van der Waals surface area contributed by atoms with Crippen molar-refractivity contribution >= 4 is 27.5 Å². The molecule has 4 nitrogen and oxygen atoms in total. The number of rotatable bonds is 5. The van der Waals surface area contributed by atoms with Crippen LogP contribution < -0.4 is 14.8 Å². The Morgan fingerprint density at radius 2 is 1.48 bits per heavy atom. The number of hydrogen-bond donors (Lipinski definition) is 1. The molecule has 3 aromatic rings. The lowest BCUT2D eigenvalue weighted by molar-refractivity contribution is 0.102. The van der Waals surface area contributed by atoms with E-state index in [1.807, 2.05) is 30.3 Å². The molecule has 0 heterocycles. The summed E-state index contributed by atoms with van der Waals surface area (Å²) in [6.45, 7) is 0. The Kier molecular flexibility index (Phi) is 5.36. The van der Waals surface area contributed by atoms with Crippen LogP contribution in [0.4, 0.5) is 5.69 Å². The van der Waals surface area contributed by atoms with Crippen molar-refractivity contribution < 1.29 is 14.3 Å². The minimum absolute atomic E-state index is 0.223. The second kappa shape index (κ2) is 7.85. The third-order valence-electron chi connectivity index (χ3n) is 3.51. The van der Waals surface area contributed by atoms with E-state index in [0.29, 0.717) is 22.7 Å². The van der Waals surface area contributed by atoms with Crippen molar-refractivity contribution in [3.05, 3.63) is 82.8 Å². The first-order chi connectivity index (χ1) is 12.2. The average molecular weight is 398 g/mol. The van der Waals surface area contributed by atoms with Gasteiger partial charge in [-0.1, -0.05) is 28.1 Å². The topological polar surface area (TPSA) is 47.6 Å². The van der Waals surface area contributed by atoms with Crippen LogP contribution in [0.1, 0.15) is 10.4 Å². The van der Waals surface area contributed by atoms with E-state index in [-0.39, 0.29) is 5.91 Å². The Hall–Kier alpha value is -2.79. The van der Waals surface area contributed by atoms with Crippen molar-refractivity contribution in [2.45, 2.75) is 0 Å². The average Bonchev–Trinajstić information content (AvgIpc) is 2.65. The molecule has 0 aromatic heterocycles. The van der Waals surface area contributed by atoms with Crippen LogP contribution in [0.2, 0.25) is 0 Å². The van der Waals surface area contributed by atoms with E-state index >= 15 is 0 Å². The number of para-hydroxylation sites is 1. The Morgan fingerprint density at radius 3 is 2.12 bits per heavy atom. The molecule has 0 aliphatic carbocycles. The SMILES string of the molecule is COc1ccccc1C(=O)Nc1ccc(Oc2ccc(Br)cc2)cc1. The van der Waals surface area contributed by atoms with Crippen LogP contribution in [-0.2, 0) is 0 Å². The van der Waals surface area contributed by atoms with Gasteiger partial charge < -0.3 is 14.8 Å². The molecule has 25 heavy (non-hydrogen) atoms. The Labute approximate surface area is 154 Å². The number of anilines is 1. The molecule has 0 bridgehead atoms. The van der Waals surface area contributed by atoms with Crippen LogP contribution in [0, 0.1) is 0 Å². The van der Waals surface area contributed by atoms with E-state index in [1.54, 1.807) is 49.6 Å². The predicted octanol–water partition coefficient (Wildman–Crippen LogP) is 5.50. The predicted molar refractivity (Wildman–Crippen MR) is 102 cm³/mol. The molecule has 3 rings (SSSR count). The van der Waals surface area contributed by atoms with Crippen molar-refractivity contribution in [1.29, 1.82) is 0 Å². The first kappa shape index (κ1) is 17.0. The number of halogens is 1. The highest BCUT2D eigenvalue weighted by Crippen LogP contribution is 2.25. The fourth-order valence-corrected chi connectivity index (χ4v) is 2.54. The molecule has 1 N–H and O–H groups in total. The zero-order chi connectivity index (χ0) is 17.6. The van der Waals surface area contributed by atoms with E-state index in [0.717, 1.165) is 10.2 Å². The van der Waals surface area contributed by atoms with E-state index in [2.05, 4.69) is 21.2 Å². The molecular weight excluding hydrogens is 382 g/mol. The van der Waals surface area contributed by atoms with Gasteiger partial charge in [-0.25, -0.2) is 0 Å². The van der Waals surface area contributed by atoms with Crippen LogP contribution in [0.3, 0.4) is 0 Å². The largest absolute Gasteiger partial charge is 0.496 e. The first-order valence-electron chi connectivity index (χ1n) is 7.63. The summed E-state index contributed by atoms with van der Waals surface area (Å²) in [6, 6.07) is 21.9. The number of carbonyl (C=O) groups excluding carboxylic acids is 1. The van der Waals surface area contributed by atoms with Gasteiger partial charge in [-0.15, -0.1) is 0 Å². The first-order valence-corrected chi connectivity index (χ1v) is 8.43. The molecule has 1 amide bonds. The number of hydrogen-bond acceptors (Lipinski definition) is 3. The number of carbonyl (C=O) groups is 1. The number of nitrogens with one attached hydrogen (secondary N) is 1. The zero-order valence-electron chi connectivity index (χ0n) is 13.5. The van der Waals surface area contributed by atoms with Crippen molar-refractivity contribution in [2.24, 2.45) is 0 Å². The van der Waals surface area contributed by atoms with Gasteiger partial charge in [0.05, 0.1) is 12.7 Å². The lowest BCUT2D eigenvalue weighted by Crippen LogP contribution is -2.12. The monoisotopic (exact) mass is 397 g/mol. The van der Waals surface area contributed by atoms with Crippen LogP contribution in [0.5, 0.6) is 17.2 Å². The Balaban J connectivity index is 1.68. The van der Waals surface area contributed by atoms with E-state index in [9.17, 15) is 4.79 Å². The summed E-state index contributed by atoms with van der Waals surface area (Å²) in [4.78, 5) is 12.4. The normalized spacial score (nSPS) is 10.2. The highest BCUT2D eigenvalue weighted by Gasteiger charge is 2.11. The number of methoxy groups -OCH3 is 1. The summed E-state index contributed by atoms with van der Waals surface area (Å²) in [5.41, 5.74) is 1.17. The maximum Gasteiger partial charge on any atom is 0.259 e. The van der Waals surface area contributed by atoms with E-state index < -0.39 is 0 Å². The molecule has 0 aliphatic heterocycles. The fraction of sp³-hybridized carbons (Fsp3) is 0.0500. The molecular formula is C20H16BrNO3. The van der Waals surface area contributed by atoms with Gasteiger partial charge in [-0.05, 0) is 60.7 Å². The maximum absolute atomic E-state index is 12.4. The highest BCUT2D eigenvalue weighted by molar-refractivity contribution is 9.10. The molecule has 0 unspecified atom stereocenters. The van der Waals surface area contributed by atoms with Gasteiger partial charge in [0, 0.05) is 10.2 Å². The summed E-state index contributed by atoms with van der Waals surface area (Å²) in [6.07, 6.45) is 0. The summed E-state index contributed by atoms with van der Waals surface area (Å²) >= 11 is 3.39. The minimum atomic E-state index is -0.223. The lowest BCUT2D eigenvalue weighted by Gasteiger charge is -2.10. The maximum atomic E-state index is 12.4. The molecule has 0 radical (unpaired) electrons. The molecule has 0 saturated carbocycles. The second-order valence-electron chi connectivity index (χ2n) is 5.23. The summed E-state index contributed by atoms with van der Waals surface area (Å²) in [5, 5.41) is 2.85. The van der Waals surface area contributed by atoms with Gasteiger partial charge in [-0.2, -0.15) is 0 Å². The minimum Gasteiger partial charge on any atom is -0.496 e. The zero-order valence-corrected chi connectivity index (χ0v) is 15.1.